The molecule has 0 N–H and O–H groups in total. The molecule has 1 aromatic rings. The van der Waals surface area contributed by atoms with Gasteiger partial charge in [0.15, 0.2) is 12.0 Å². The molecule has 0 saturated carbocycles. The third-order valence-corrected chi connectivity index (χ3v) is 4.41. The van der Waals surface area contributed by atoms with Gasteiger partial charge in [0.1, 0.15) is 0 Å². The lowest BCUT2D eigenvalue weighted by molar-refractivity contribution is -0.182. The second-order valence-corrected chi connectivity index (χ2v) is 5.61. The topological polar surface area (TPSA) is 20.5 Å². The van der Waals surface area contributed by atoms with Gasteiger partial charge in [-0.25, -0.2) is 4.39 Å². The number of anilines is 1. The number of hydrogen-bond acceptors (Lipinski definition) is 2. The smallest absolute Gasteiger partial charge is 0.364 e. The lowest BCUT2D eigenvalue weighted by atomic mass is 9.90. The summed E-state index contributed by atoms with van der Waals surface area (Å²) in [7, 11) is 0. The number of fused-ring (bicyclic) bond motifs is 2. The van der Waals surface area contributed by atoms with Crippen molar-refractivity contribution >= 4 is 11.5 Å². The number of hydrogen-bond donors (Lipinski definition) is 0. The highest BCUT2D eigenvalue weighted by molar-refractivity contribution is 5.57. The van der Waals surface area contributed by atoms with E-state index in [1.165, 1.54) is 6.07 Å². The first-order valence-electron chi connectivity index (χ1n) is 6.78. The van der Waals surface area contributed by atoms with Crippen molar-refractivity contribution < 1.29 is 17.6 Å². The largest absolute Gasteiger partial charge is 0.391 e. The van der Waals surface area contributed by atoms with Crippen LogP contribution in [-0.2, 0) is 0 Å². The van der Waals surface area contributed by atoms with Gasteiger partial charge in [0.2, 0.25) is 0 Å². The van der Waals surface area contributed by atoms with Gasteiger partial charge >= 0.3 is 6.18 Å². The molecule has 0 aromatic carbocycles. The van der Waals surface area contributed by atoms with Crippen molar-refractivity contribution in [2.45, 2.75) is 43.9 Å². The number of alkyl halides is 3. The highest BCUT2D eigenvalue weighted by Crippen LogP contribution is 2.47. The summed E-state index contributed by atoms with van der Waals surface area (Å²) in [5.74, 6) is -1.83. The van der Waals surface area contributed by atoms with Crippen LogP contribution in [0.25, 0.3) is 4.85 Å². The van der Waals surface area contributed by atoms with Crippen LogP contribution in [0.3, 0.4) is 0 Å². The number of pyridine rings is 1. The molecular weight excluding hydrogens is 286 g/mol. The molecule has 0 radical (unpaired) electrons. The second-order valence-electron chi connectivity index (χ2n) is 5.61. The summed E-state index contributed by atoms with van der Waals surface area (Å²) >= 11 is 0. The molecule has 2 saturated heterocycles. The quantitative estimate of drug-likeness (QED) is 0.575. The van der Waals surface area contributed by atoms with Crippen LogP contribution >= 0.6 is 0 Å². The van der Waals surface area contributed by atoms with Crippen LogP contribution in [0.1, 0.15) is 25.7 Å². The number of rotatable bonds is 1. The van der Waals surface area contributed by atoms with E-state index in [0.29, 0.717) is 12.8 Å². The Labute approximate surface area is 119 Å². The number of piperidine rings is 1. The van der Waals surface area contributed by atoms with E-state index in [0.717, 1.165) is 6.20 Å². The molecule has 2 unspecified atom stereocenters. The van der Waals surface area contributed by atoms with Gasteiger partial charge in [0.25, 0.3) is 5.82 Å². The zero-order valence-electron chi connectivity index (χ0n) is 11.1. The maximum atomic E-state index is 14.0. The van der Waals surface area contributed by atoms with Gasteiger partial charge in [0.05, 0.1) is 11.6 Å². The van der Waals surface area contributed by atoms with Crippen molar-refractivity contribution in [1.29, 1.82) is 0 Å². The van der Waals surface area contributed by atoms with Crippen LogP contribution in [0.2, 0.25) is 0 Å². The Morgan fingerprint density at radius 3 is 2.38 bits per heavy atom. The van der Waals surface area contributed by atoms with Gasteiger partial charge in [-0.2, -0.15) is 13.2 Å². The minimum atomic E-state index is -4.19. The number of aromatic nitrogens is 1. The molecule has 3 nitrogen and oxygen atoms in total. The Hall–Kier alpha value is -1.84. The van der Waals surface area contributed by atoms with Crippen LogP contribution in [0, 0.1) is 18.3 Å². The second kappa shape index (κ2) is 4.86. The molecule has 2 aliphatic rings. The van der Waals surface area contributed by atoms with Gasteiger partial charge in [-0.3, -0.25) is 0 Å². The van der Waals surface area contributed by atoms with E-state index < -0.39 is 17.9 Å². The van der Waals surface area contributed by atoms with E-state index in [9.17, 15) is 17.6 Å². The van der Waals surface area contributed by atoms with Crippen molar-refractivity contribution in [2.24, 2.45) is 5.92 Å². The Balaban J connectivity index is 1.91. The fourth-order valence-corrected chi connectivity index (χ4v) is 3.51. The van der Waals surface area contributed by atoms with Crippen LogP contribution < -0.4 is 4.90 Å². The normalized spacial score (nSPS) is 28.5. The Morgan fingerprint density at radius 2 is 1.86 bits per heavy atom. The van der Waals surface area contributed by atoms with Crippen molar-refractivity contribution in [3.05, 3.63) is 29.5 Å². The fraction of sp³-hybridized carbons (Fsp3) is 0.571. The van der Waals surface area contributed by atoms with Gasteiger partial charge in [-0.1, -0.05) is 6.57 Å². The predicted molar refractivity (Wildman–Crippen MR) is 68.5 cm³/mol. The SMILES string of the molecule is [C-]#[N+]c1cc(N2C3CCC2CC(C(F)(F)F)C3)c(F)cn1. The first-order chi connectivity index (χ1) is 9.90. The summed E-state index contributed by atoms with van der Waals surface area (Å²) < 4.78 is 52.7. The summed E-state index contributed by atoms with van der Waals surface area (Å²) in [4.78, 5) is 8.53. The van der Waals surface area contributed by atoms with Gasteiger partial charge < -0.3 is 9.74 Å². The summed E-state index contributed by atoms with van der Waals surface area (Å²) in [6.45, 7) is 6.93. The molecule has 2 fully saturated rings. The zero-order chi connectivity index (χ0) is 15.2. The minimum Gasteiger partial charge on any atom is -0.364 e. The van der Waals surface area contributed by atoms with Crippen molar-refractivity contribution in [2.75, 3.05) is 4.90 Å². The van der Waals surface area contributed by atoms with Crippen molar-refractivity contribution in [3.8, 4) is 0 Å². The summed E-state index contributed by atoms with van der Waals surface area (Å²) in [6, 6.07) is 0.707. The van der Waals surface area contributed by atoms with E-state index in [-0.39, 0.29) is 36.4 Å². The number of halogens is 4. The van der Waals surface area contributed by atoms with Gasteiger partial charge in [-0.05, 0) is 31.7 Å². The van der Waals surface area contributed by atoms with E-state index in [2.05, 4.69) is 9.83 Å². The summed E-state index contributed by atoms with van der Waals surface area (Å²) in [5.41, 5.74) is 0.212. The van der Waals surface area contributed by atoms with Crippen LogP contribution in [0.4, 0.5) is 29.1 Å². The third-order valence-electron chi connectivity index (χ3n) is 4.41. The van der Waals surface area contributed by atoms with Crippen LogP contribution in [0.5, 0.6) is 0 Å². The number of nitrogens with zero attached hydrogens (tertiary/aromatic N) is 3. The van der Waals surface area contributed by atoms with Crippen LogP contribution in [0.15, 0.2) is 12.3 Å². The summed E-state index contributed by atoms with van der Waals surface area (Å²) in [5, 5.41) is 0. The maximum Gasteiger partial charge on any atom is 0.391 e. The molecular formula is C14H13F4N3. The molecule has 1 aromatic heterocycles. The summed E-state index contributed by atoms with van der Waals surface area (Å²) in [6.07, 6.45) is -1.97. The molecule has 3 heterocycles. The molecule has 2 bridgehead atoms. The fourth-order valence-electron chi connectivity index (χ4n) is 3.51. The van der Waals surface area contributed by atoms with E-state index in [1.807, 2.05) is 0 Å². The van der Waals surface area contributed by atoms with Gasteiger partial charge in [-0.15, -0.1) is 4.98 Å². The van der Waals surface area contributed by atoms with Crippen molar-refractivity contribution in [3.63, 3.8) is 0 Å². The molecule has 2 atom stereocenters. The molecule has 112 valence electrons. The molecule has 3 rings (SSSR count). The molecule has 21 heavy (non-hydrogen) atoms. The molecule has 7 heteroatoms. The maximum absolute atomic E-state index is 14.0. The Morgan fingerprint density at radius 1 is 1.24 bits per heavy atom. The molecule has 2 aliphatic heterocycles. The first kappa shape index (κ1) is 14.1. The minimum absolute atomic E-state index is 0.00485. The molecule has 0 amide bonds. The highest BCUT2D eigenvalue weighted by Gasteiger charge is 2.50. The average Bonchev–Trinajstić information content (AvgIpc) is 2.68. The third kappa shape index (κ3) is 2.43. The zero-order valence-corrected chi connectivity index (χ0v) is 11.1. The van der Waals surface area contributed by atoms with Crippen LogP contribution in [-0.4, -0.2) is 23.2 Å². The Bertz CT molecular complexity index is 579. The Kier molecular flexibility index (Phi) is 3.27. The lowest BCUT2D eigenvalue weighted by Crippen LogP contribution is -2.46. The first-order valence-corrected chi connectivity index (χ1v) is 6.78. The highest BCUT2D eigenvalue weighted by atomic mass is 19.4. The molecule has 0 aliphatic carbocycles. The van der Waals surface area contributed by atoms with E-state index in [4.69, 9.17) is 6.57 Å². The van der Waals surface area contributed by atoms with E-state index >= 15 is 0 Å². The monoisotopic (exact) mass is 299 g/mol. The molecule has 0 spiro atoms. The predicted octanol–water partition coefficient (Wildman–Crippen LogP) is 4.08. The van der Waals surface area contributed by atoms with E-state index in [1.54, 1.807) is 4.90 Å². The van der Waals surface area contributed by atoms with Gasteiger partial charge in [0, 0.05) is 12.1 Å². The lowest BCUT2D eigenvalue weighted by Gasteiger charge is -2.41. The van der Waals surface area contributed by atoms with Crippen molar-refractivity contribution in [1.82, 2.24) is 4.98 Å². The average molecular weight is 299 g/mol. The standard InChI is InChI=1S/C14H13F4N3/c1-19-13-6-12(11(15)7-20-13)21-9-2-3-10(21)5-8(4-9)14(16,17)18/h6-10H,2-5H2.